The van der Waals surface area contributed by atoms with Gasteiger partial charge in [0.25, 0.3) is 0 Å². The zero-order valence-corrected chi connectivity index (χ0v) is 10.0. The van der Waals surface area contributed by atoms with Gasteiger partial charge < -0.3 is 15.8 Å². The first-order chi connectivity index (χ1) is 7.75. The molecule has 6 heteroatoms. The van der Waals surface area contributed by atoms with E-state index in [9.17, 15) is 0 Å². The quantitative estimate of drug-likeness (QED) is 0.798. The summed E-state index contributed by atoms with van der Waals surface area (Å²) in [5.74, 6) is 0.528. The average Bonchev–Trinajstić information content (AvgIpc) is 2.71. The Morgan fingerprint density at radius 3 is 3.12 bits per heavy atom. The lowest BCUT2D eigenvalue weighted by atomic mass is 9.69. The van der Waals surface area contributed by atoms with E-state index < -0.39 is 0 Å². The minimum Gasteiger partial charge on any atom is -0.376 e. The van der Waals surface area contributed by atoms with E-state index in [2.05, 4.69) is 15.5 Å². The summed E-state index contributed by atoms with van der Waals surface area (Å²) >= 11 is 1.56. The largest absolute Gasteiger partial charge is 0.376 e. The van der Waals surface area contributed by atoms with Crippen molar-refractivity contribution in [3.63, 3.8) is 0 Å². The minimum atomic E-state index is 0.189. The zero-order valence-electron chi connectivity index (χ0n) is 9.22. The molecule has 5 nitrogen and oxygen atoms in total. The molecule has 1 saturated carbocycles. The summed E-state index contributed by atoms with van der Waals surface area (Å²) < 4.78 is 5.75. The van der Waals surface area contributed by atoms with E-state index in [1.165, 1.54) is 6.42 Å². The van der Waals surface area contributed by atoms with Crippen LogP contribution in [-0.2, 0) is 4.74 Å². The van der Waals surface area contributed by atoms with Crippen LogP contribution in [0, 0.1) is 12.8 Å². The number of hydrogen-bond acceptors (Lipinski definition) is 6. The molecule has 1 aliphatic carbocycles. The van der Waals surface area contributed by atoms with Crippen molar-refractivity contribution in [1.82, 2.24) is 10.2 Å². The lowest BCUT2D eigenvalue weighted by molar-refractivity contribution is -0.104. The summed E-state index contributed by atoms with van der Waals surface area (Å²) in [4.78, 5) is 0. The van der Waals surface area contributed by atoms with Gasteiger partial charge in [0.15, 0.2) is 0 Å². The molecule has 88 valence electrons. The number of nitrogens with zero attached hydrogens (tertiary/aromatic N) is 2. The van der Waals surface area contributed by atoms with E-state index in [0.717, 1.165) is 23.2 Å². The SMILES string of the molecule is Cc1nnc(NC2C(N)C3CCCOC32)s1. The third-order valence-electron chi connectivity index (χ3n) is 3.49. The standard InChI is InChI=1S/C10H16N4OS/c1-5-13-14-10(16-5)12-8-7(11)6-3-2-4-15-9(6)8/h6-9H,2-4,11H2,1H3,(H,12,14). The van der Waals surface area contributed by atoms with Gasteiger partial charge in [-0.25, -0.2) is 0 Å². The summed E-state index contributed by atoms with van der Waals surface area (Å²) in [6, 6.07) is 0.396. The Labute approximate surface area is 98.4 Å². The molecule has 0 aromatic carbocycles. The molecule has 16 heavy (non-hydrogen) atoms. The molecule has 2 fully saturated rings. The molecule has 1 aromatic heterocycles. The van der Waals surface area contributed by atoms with E-state index >= 15 is 0 Å². The van der Waals surface area contributed by atoms with E-state index in [1.54, 1.807) is 11.3 Å². The van der Waals surface area contributed by atoms with E-state index in [4.69, 9.17) is 10.5 Å². The summed E-state index contributed by atoms with van der Waals surface area (Å²) in [6.45, 7) is 2.81. The van der Waals surface area contributed by atoms with Crippen molar-refractivity contribution in [2.75, 3.05) is 11.9 Å². The second-order valence-corrected chi connectivity index (χ2v) is 5.70. The highest BCUT2D eigenvalue weighted by Crippen LogP contribution is 2.38. The molecular weight excluding hydrogens is 224 g/mol. The molecular formula is C10H16N4OS. The maximum Gasteiger partial charge on any atom is 0.206 e. The van der Waals surface area contributed by atoms with Crippen LogP contribution in [0.1, 0.15) is 17.8 Å². The highest BCUT2D eigenvalue weighted by Gasteiger charge is 2.50. The molecule has 0 spiro atoms. The van der Waals surface area contributed by atoms with Crippen molar-refractivity contribution in [2.45, 2.75) is 38.0 Å². The Kier molecular flexibility index (Phi) is 2.57. The van der Waals surface area contributed by atoms with Crippen LogP contribution in [0.4, 0.5) is 5.13 Å². The number of nitrogens with one attached hydrogen (secondary N) is 1. The number of aromatic nitrogens is 2. The summed E-state index contributed by atoms with van der Waals surface area (Å²) in [6.07, 6.45) is 2.60. The maximum atomic E-state index is 6.15. The van der Waals surface area contributed by atoms with E-state index in [-0.39, 0.29) is 18.2 Å². The Morgan fingerprint density at radius 1 is 1.50 bits per heavy atom. The Bertz CT molecular complexity index is 383. The van der Waals surface area contributed by atoms with Crippen LogP contribution in [0.15, 0.2) is 0 Å². The Morgan fingerprint density at radius 2 is 2.38 bits per heavy atom. The van der Waals surface area contributed by atoms with Gasteiger partial charge in [-0.15, -0.1) is 10.2 Å². The normalized spacial score (nSPS) is 37.6. The molecule has 2 heterocycles. The highest BCUT2D eigenvalue weighted by molar-refractivity contribution is 7.15. The molecule has 1 saturated heterocycles. The Hall–Kier alpha value is -0.720. The van der Waals surface area contributed by atoms with Crippen LogP contribution in [0.25, 0.3) is 0 Å². The first-order valence-corrected chi connectivity index (χ1v) is 6.51. The maximum absolute atomic E-state index is 6.15. The fraction of sp³-hybridized carbons (Fsp3) is 0.800. The number of aryl methyl sites for hydroxylation is 1. The van der Waals surface area contributed by atoms with Gasteiger partial charge in [0.2, 0.25) is 5.13 Å². The molecule has 1 aromatic rings. The molecule has 3 rings (SSSR count). The topological polar surface area (TPSA) is 73.1 Å². The molecule has 1 aliphatic heterocycles. The predicted molar refractivity (Wildman–Crippen MR) is 62.5 cm³/mol. The van der Waals surface area contributed by atoms with Gasteiger partial charge in [0, 0.05) is 18.6 Å². The van der Waals surface area contributed by atoms with Crippen molar-refractivity contribution in [3.05, 3.63) is 5.01 Å². The fourth-order valence-corrected chi connectivity index (χ4v) is 3.26. The second kappa shape index (κ2) is 3.94. The van der Waals surface area contributed by atoms with Gasteiger partial charge in [-0.3, -0.25) is 0 Å². The first kappa shape index (κ1) is 10.4. The van der Waals surface area contributed by atoms with Crippen LogP contribution in [0.5, 0.6) is 0 Å². The summed E-state index contributed by atoms with van der Waals surface area (Å²) in [7, 11) is 0. The molecule has 2 aliphatic rings. The highest BCUT2D eigenvalue weighted by atomic mass is 32.1. The third-order valence-corrected chi connectivity index (χ3v) is 4.26. The van der Waals surface area contributed by atoms with E-state index in [1.807, 2.05) is 6.92 Å². The van der Waals surface area contributed by atoms with Gasteiger partial charge >= 0.3 is 0 Å². The molecule has 0 amide bonds. The number of rotatable bonds is 2. The van der Waals surface area contributed by atoms with E-state index in [0.29, 0.717) is 5.92 Å². The third kappa shape index (κ3) is 1.61. The predicted octanol–water partition coefficient (Wildman–Crippen LogP) is 0.763. The molecule has 3 N–H and O–H groups in total. The zero-order chi connectivity index (χ0) is 11.1. The second-order valence-electron chi connectivity index (χ2n) is 4.52. The lowest BCUT2D eigenvalue weighted by Gasteiger charge is -2.52. The molecule has 0 bridgehead atoms. The average molecular weight is 240 g/mol. The molecule has 0 radical (unpaired) electrons. The van der Waals surface area contributed by atoms with Crippen LogP contribution < -0.4 is 11.1 Å². The van der Waals surface area contributed by atoms with Crippen LogP contribution in [0.3, 0.4) is 0 Å². The van der Waals surface area contributed by atoms with Crippen molar-refractivity contribution < 1.29 is 4.74 Å². The van der Waals surface area contributed by atoms with Gasteiger partial charge in [-0.1, -0.05) is 11.3 Å². The number of fused-ring (bicyclic) bond motifs is 1. The van der Waals surface area contributed by atoms with Gasteiger partial charge in [0.1, 0.15) is 5.01 Å². The number of anilines is 1. The molecule has 4 unspecified atom stereocenters. The van der Waals surface area contributed by atoms with Crippen LogP contribution in [-0.4, -0.2) is 35.0 Å². The van der Waals surface area contributed by atoms with Gasteiger partial charge in [-0.2, -0.15) is 0 Å². The lowest BCUT2D eigenvalue weighted by Crippen LogP contribution is -2.69. The van der Waals surface area contributed by atoms with Crippen molar-refractivity contribution in [1.29, 1.82) is 0 Å². The minimum absolute atomic E-state index is 0.189. The van der Waals surface area contributed by atoms with Crippen molar-refractivity contribution >= 4 is 16.5 Å². The summed E-state index contributed by atoms with van der Waals surface area (Å²) in [5.41, 5.74) is 6.15. The monoisotopic (exact) mass is 240 g/mol. The summed E-state index contributed by atoms with van der Waals surface area (Å²) in [5, 5.41) is 13.2. The molecule has 4 atom stereocenters. The van der Waals surface area contributed by atoms with Crippen molar-refractivity contribution in [2.24, 2.45) is 11.7 Å². The van der Waals surface area contributed by atoms with Gasteiger partial charge in [0.05, 0.1) is 12.1 Å². The van der Waals surface area contributed by atoms with Crippen LogP contribution >= 0.6 is 11.3 Å². The number of nitrogens with two attached hydrogens (primary N) is 1. The first-order valence-electron chi connectivity index (χ1n) is 5.69. The fourth-order valence-electron chi connectivity index (χ4n) is 2.62. The number of hydrogen-bond donors (Lipinski definition) is 2. The smallest absolute Gasteiger partial charge is 0.206 e. The number of ether oxygens (including phenoxy) is 1. The van der Waals surface area contributed by atoms with Crippen LogP contribution in [0.2, 0.25) is 0 Å². The van der Waals surface area contributed by atoms with Crippen molar-refractivity contribution in [3.8, 4) is 0 Å². The van der Waals surface area contributed by atoms with Gasteiger partial charge in [-0.05, 0) is 19.8 Å². The Balaban J connectivity index is 1.67.